The first-order valence-electron chi connectivity index (χ1n) is 9.75. The van der Waals surface area contributed by atoms with Crippen molar-refractivity contribution in [3.8, 4) is 5.75 Å². The van der Waals surface area contributed by atoms with E-state index >= 15 is 0 Å². The van der Waals surface area contributed by atoms with E-state index in [-0.39, 0.29) is 18.4 Å². The van der Waals surface area contributed by atoms with Crippen molar-refractivity contribution >= 4 is 27.7 Å². The summed E-state index contributed by atoms with van der Waals surface area (Å²) in [5.41, 5.74) is 4.17. The SMILES string of the molecule is CCNC(=O)[C@H](C)N(Cc1ccccc1C)C(=O)COc1cc(C)c(Br)c(C)c1. The second-order valence-electron chi connectivity index (χ2n) is 7.18. The molecule has 1 atom stereocenters. The first-order chi connectivity index (χ1) is 13.7. The van der Waals surface area contributed by atoms with Gasteiger partial charge >= 0.3 is 0 Å². The van der Waals surface area contributed by atoms with Gasteiger partial charge in [0.05, 0.1) is 0 Å². The minimum Gasteiger partial charge on any atom is -0.484 e. The smallest absolute Gasteiger partial charge is 0.261 e. The van der Waals surface area contributed by atoms with Gasteiger partial charge in [0.15, 0.2) is 6.61 Å². The average Bonchev–Trinajstić information content (AvgIpc) is 2.69. The molecule has 0 aliphatic heterocycles. The maximum atomic E-state index is 13.0. The number of hydrogen-bond acceptors (Lipinski definition) is 3. The second kappa shape index (κ2) is 10.4. The Morgan fingerprint density at radius 3 is 2.31 bits per heavy atom. The van der Waals surface area contributed by atoms with Crippen LogP contribution >= 0.6 is 15.9 Å². The molecule has 2 aromatic rings. The maximum absolute atomic E-state index is 13.0. The van der Waals surface area contributed by atoms with Crippen LogP contribution in [-0.4, -0.2) is 35.9 Å². The van der Waals surface area contributed by atoms with Gasteiger partial charge in [-0.2, -0.15) is 0 Å². The number of aryl methyl sites for hydroxylation is 3. The summed E-state index contributed by atoms with van der Waals surface area (Å²) in [6.07, 6.45) is 0. The molecule has 1 N–H and O–H groups in total. The number of nitrogens with zero attached hydrogens (tertiary/aromatic N) is 1. The van der Waals surface area contributed by atoms with Crippen LogP contribution < -0.4 is 10.1 Å². The van der Waals surface area contributed by atoms with Crippen LogP contribution in [0.25, 0.3) is 0 Å². The molecule has 0 heterocycles. The van der Waals surface area contributed by atoms with Crippen molar-refractivity contribution in [3.63, 3.8) is 0 Å². The Morgan fingerprint density at radius 2 is 1.72 bits per heavy atom. The lowest BCUT2D eigenvalue weighted by Crippen LogP contribution is -2.49. The molecule has 2 aromatic carbocycles. The number of nitrogens with one attached hydrogen (secondary N) is 1. The highest BCUT2D eigenvalue weighted by atomic mass is 79.9. The summed E-state index contributed by atoms with van der Waals surface area (Å²) in [4.78, 5) is 27.0. The van der Waals surface area contributed by atoms with E-state index in [1.165, 1.54) is 0 Å². The molecule has 6 heteroatoms. The monoisotopic (exact) mass is 460 g/mol. The number of amides is 2. The van der Waals surface area contributed by atoms with E-state index < -0.39 is 6.04 Å². The zero-order valence-corrected chi connectivity index (χ0v) is 19.3. The number of hydrogen-bond donors (Lipinski definition) is 1. The van der Waals surface area contributed by atoms with Crippen LogP contribution in [0.4, 0.5) is 0 Å². The molecular weight excluding hydrogens is 432 g/mol. The third-order valence-corrected chi connectivity index (χ3v) is 6.14. The summed E-state index contributed by atoms with van der Waals surface area (Å²) in [6.45, 7) is 10.3. The molecule has 0 aromatic heterocycles. The fourth-order valence-corrected chi connectivity index (χ4v) is 3.32. The van der Waals surface area contributed by atoms with Gasteiger partial charge in [-0.1, -0.05) is 40.2 Å². The van der Waals surface area contributed by atoms with E-state index in [0.29, 0.717) is 18.8 Å². The summed E-state index contributed by atoms with van der Waals surface area (Å²) in [6, 6.07) is 11.1. The molecule has 0 saturated heterocycles. The Hall–Kier alpha value is -2.34. The van der Waals surface area contributed by atoms with E-state index in [9.17, 15) is 9.59 Å². The van der Waals surface area contributed by atoms with E-state index in [2.05, 4.69) is 21.2 Å². The Balaban J connectivity index is 2.19. The number of rotatable bonds is 8. The van der Waals surface area contributed by atoms with Crippen LogP contribution in [0, 0.1) is 20.8 Å². The van der Waals surface area contributed by atoms with Gasteiger partial charge in [0.2, 0.25) is 5.91 Å². The molecule has 5 nitrogen and oxygen atoms in total. The highest BCUT2D eigenvalue weighted by Crippen LogP contribution is 2.26. The Labute approximate surface area is 181 Å². The molecule has 2 rings (SSSR count). The highest BCUT2D eigenvalue weighted by molar-refractivity contribution is 9.10. The van der Waals surface area contributed by atoms with Gasteiger partial charge < -0.3 is 15.0 Å². The van der Waals surface area contributed by atoms with Gasteiger partial charge in [0, 0.05) is 17.6 Å². The van der Waals surface area contributed by atoms with E-state index in [1.807, 2.05) is 64.1 Å². The number of carbonyl (C=O) groups is 2. The summed E-state index contributed by atoms with van der Waals surface area (Å²) in [5.74, 6) is 0.230. The lowest BCUT2D eigenvalue weighted by atomic mass is 10.1. The molecule has 0 aliphatic carbocycles. The van der Waals surface area contributed by atoms with Gasteiger partial charge in [-0.3, -0.25) is 9.59 Å². The number of halogens is 1. The largest absolute Gasteiger partial charge is 0.484 e. The molecule has 0 bridgehead atoms. The summed E-state index contributed by atoms with van der Waals surface area (Å²) >= 11 is 3.53. The first-order valence-corrected chi connectivity index (χ1v) is 10.5. The zero-order valence-electron chi connectivity index (χ0n) is 17.7. The molecule has 156 valence electrons. The van der Waals surface area contributed by atoms with Crippen LogP contribution in [-0.2, 0) is 16.1 Å². The fourth-order valence-electron chi connectivity index (χ4n) is 3.09. The molecule has 0 unspecified atom stereocenters. The Kier molecular flexibility index (Phi) is 8.26. The van der Waals surface area contributed by atoms with Crippen LogP contribution in [0.2, 0.25) is 0 Å². The van der Waals surface area contributed by atoms with Gasteiger partial charge in [-0.05, 0) is 69.0 Å². The quantitative estimate of drug-likeness (QED) is 0.638. The Bertz CT molecular complexity index is 859. The number of ether oxygens (including phenoxy) is 1. The molecular formula is C23H29BrN2O3. The van der Waals surface area contributed by atoms with Gasteiger partial charge in [-0.15, -0.1) is 0 Å². The number of benzene rings is 2. The van der Waals surface area contributed by atoms with Crippen molar-refractivity contribution < 1.29 is 14.3 Å². The van der Waals surface area contributed by atoms with E-state index in [0.717, 1.165) is 26.7 Å². The molecule has 0 aliphatic rings. The van der Waals surface area contributed by atoms with Crippen LogP contribution in [0.3, 0.4) is 0 Å². The van der Waals surface area contributed by atoms with Crippen molar-refractivity contribution in [2.24, 2.45) is 0 Å². The van der Waals surface area contributed by atoms with Gasteiger partial charge in [0.25, 0.3) is 5.91 Å². The lowest BCUT2D eigenvalue weighted by Gasteiger charge is -2.29. The predicted octanol–water partition coefficient (Wildman–Crippen LogP) is 4.31. The fraction of sp³-hybridized carbons (Fsp3) is 0.391. The second-order valence-corrected chi connectivity index (χ2v) is 7.97. The summed E-state index contributed by atoms with van der Waals surface area (Å²) in [5, 5.41) is 2.80. The molecule has 2 amide bonds. The van der Waals surface area contributed by atoms with Crippen molar-refractivity contribution in [2.45, 2.75) is 47.2 Å². The van der Waals surface area contributed by atoms with Crippen LogP contribution in [0.5, 0.6) is 5.75 Å². The highest BCUT2D eigenvalue weighted by Gasteiger charge is 2.26. The molecule has 0 fully saturated rings. The van der Waals surface area contributed by atoms with Gasteiger partial charge in [0.1, 0.15) is 11.8 Å². The molecule has 29 heavy (non-hydrogen) atoms. The van der Waals surface area contributed by atoms with Crippen molar-refractivity contribution in [2.75, 3.05) is 13.2 Å². The summed E-state index contributed by atoms with van der Waals surface area (Å²) in [7, 11) is 0. The standard InChI is InChI=1S/C23H29BrN2O3/c1-6-25-23(28)18(5)26(13-19-10-8-7-9-15(19)2)21(27)14-29-20-11-16(3)22(24)17(4)12-20/h7-12,18H,6,13-14H2,1-5H3,(H,25,28)/t18-/m0/s1. The minimum absolute atomic E-state index is 0.129. The van der Waals surface area contributed by atoms with E-state index in [4.69, 9.17) is 4.74 Å². The summed E-state index contributed by atoms with van der Waals surface area (Å²) < 4.78 is 6.81. The Morgan fingerprint density at radius 1 is 1.10 bits per heavy atom. The van der Waals surface area contributed by atoms with Gasteiger partial charge in [-0.25, -0.2) is 0 Å². The van der Waals surface area contributed by atoms with Crippen molar-refractivity contribution in [3.05, 3.63) is 63.1 Å². The van der Waals surface area contributed by atoms with E-state index in [1.54, 1.807) is 11.8 Å². The van der Waals surface area contributed by atoms with Crippen molar-refractivity contribution in [1.29, 1.82) is 0 Å². The number of carbonyl (C=O) groups excluding carboxylic acids is 2. The molecule has 0 saturated carbocycles. The average molecular weight is 461 g/mol. The first kappa shape index (κ1) is 22.9. The third kappa shape index (κ3) is 6.07. The maximum Gasteiger partial charge on any atom is 0.261 e. The predicted molar refractivity (Wildman–Crippen MR) is 119 cm³/mol. The topological polar surface area (TPSA) is 58.6 Å². The van der Waals surface area contributed by atoms with Crippen LogP contribution in [0.15, 0.2) is 40.9 Å². The van der Waals surface area contributed by atoms with Crippen LogP contribution in [0.1, 0.15) is 36.1 Å². The van der Waals surface area contributed by atoms with Crippen molar-refractivity contribution in [1.82, 2.24) is 10.2 Å². The zero-order chi connectivity index (χ0) is 21.6. The normalized spacial score (nSPS) is 11.7. The number of likely N-dealkylation sites (N-methyl/N-ethyl adjacent to an activating group) is 1. The minimum atomic E-state index is -0.598. The third-order valence-electron chi connectivity index (χ3n) is 4.89. The molecule has 0 radical (unpaired) electrons. The molecule has 0 spiro atoms. The lowest BCUT2D eigenvalue weighted by molar-refractivity contribution is -0.142.